The van der Waals surface area contributed by atoms with Crippen LogP contribution in [0, 0.1) is 0 Å². The molecule has 2 aliphatic rings. The number of carbonyl (C=O) groups excluding carboxylic acids is 2. The van der Waals surface area contributed by atoms with Crippen LogP contribution in [0.5, 0.6) is 0 Å². The smallest absolute Gasteiger partial charge is 0.338 e. The van der Waals surface area contributed by atoms with Gasteiger partial charge in [0.1, 0.15) is 11.8 Å². The lowest BCUT2D eigenvalue weighted by molar-refractivity contribution is -0.139. The number of rotatable bonds is 5. The molecule has 8 nitrogen and oxygen atoms in total. The second-order valence-corrected chi connectivity index (χ2v) is 5.55. The Morgan fingerprint density at radius 2 is 2.21 bits per heavy atom. The van der Waals surface area contributed by atoms with Crippen LogP contribution in [-0.2, 0) is 14.3 Å². The molecule has 1 fully saturated rings. The molecule has 0 aliphatic carbocycles. The Bertz CT molecular complexity index is 620. The highest BCUT2D eigenvalue weighted by atomic mass is 16.5. The second kappa shape index (κ2) is 7.50. The van der Waals surface area contributed by atoms with E-state index in [1.807, 2.05) is 0 Å². The van der Waals surface area contributed by atoms with Gasteiger partial charge in [0.25, 0.3) is 0 Å². The van der Waals surface area contributed by atoms with Crippen LogP contribution >= 0.6 is 0 Å². The zero-order valence-corrected chi connectivity index (χ0v) is 13.5. The molecule has 1 aromatic heterocycles. The number of amides is 2. The summed E-state index contributed by atoms with van der Waals surface area (Å²) in [6, 6.07) is 2.41. The van der Waals surface area contributed by atoms with Crippen LogP contribution < -0.4 is 10.6 Å². The number of furan rings is 1. The van der Waals surface area contributed by atoms with E-state index in [-0.39, 0.29) is 12.6 Å². The summed E-state index contributed by atoms with van der Waals surface area (Å²) in [5.74, 6) is 0.0297. The van der Waals surface area contributed by atoms with E-state index in [1.54, 1.807) is 19.1 Å². The summed E-state index contributed by atoms with van der Waals surface area (Å²) in [6.07, 6.45) is 1.51. The predicted molar refractivity (Wildman–Crippen MR) is 84.0 cm³/mol. The molecule has 8 heteroatoms. The third-order valence-electron chi connectivity index (χ3n) is 3.96. The maximum atomic E-state index is 12.5. The number of esters is 1. The molecule has 1 unspecified atom stereocenters. The van der Waals surface area contributed by atoms with E-state index in [9.17, 15) is 9.59 Å². The Balaban J connectivity index is 1.93. The molecule has 24 heavy (non-hydrogen) atoms. The van der Waals surface area contributed by atoms with Gasteiger partial charge in [-0.05, 0) is 19.1 Å². The Kier molecular flexibility index (Phi) is 5.17. The molecule has 0 aromatic carbocycles. The van der Waals surface area contributed by atoms with Crippen LogP contribution in [0.4, 0.5) is 4.79 Å². The molecule has 1 saturated heterocycles. The Hall–Kier alpha value is -2.32. The molecule has 0 bridgehead atoms. The van der Waals surface area contributed by atoms with Gasteiger partial charge in [0.2, 0.25) is 0 Å². The van der Waals surface area contributed by atoms with Crippen molar-refractivity contribution in [1.82, 2.24) is 15.5 Å². The summed E-state index contributed by atoms with van der Waals surface area (Å²) >= 11 is 0. The summed E-state index contributed by atoms with van der Waals surface area (Å²) in [6.45, 7) is 5.21. The number of nitrogens with one attached hydrogen (secondary N) is 2. The fourth-order valence-corrected chi connectivity index (χ4v) is 2.84. The lowest BCUT2D eigenvalue weighted by atomic mass is 10.00. The number of morpholine rings is 1. The lowest BCUT2D eigenvalue weighted by Crippen LogP contribution is -2.49. The number of hydrogen-bond acceptors (Lipinski definition) is 6. The fourth-order valence-electron chi connectivity index (χ4n) is 2.84. The highest BCUT2D eigenvalue weighted by molar-refractivity contribution is 5.95. The average Bonchev–Trinajstić information content (AvgIpc) is 3.10. The van der Waals surface area contributed by atoms with E-state index in [0.717, 1.165) is 13.1 Å². The minimum absolute atomic E-state index is 0.256. The van der Waals surface area contributed by atoms with Gasteiger partial charge in [0.05, 0.1) is 31.7 Å². The molecule has 1 atom stereocenters. The monoisotopic (exact) mass is 335 g/mol. The topological polar surface area (TPSA) is 93.0 Å². The van der Waals surface area contributed by atoms with Gasteiger partial charge < -0.3 is 24.5 Å². The number of nitrogens with zero attached hydrogens (tertiary/aromatic N) is 1. The van der Waals surface area contributed by atoms with Gasteiger partial charge >= 0.3 is 12.0 Å². The summed E-state index contributed by atoms with van der Waals surface area (Å²) < 4.78 is 15.9. The summed E-state index contributed by atoms with van der Waals surface area (Å²) in [5, 5.41) is 5.48. The number of ether oxygens (including phenoxy) is 2. The SMILES string of the molecule is CCOC(=O)C1=C(CN2CCOCC2)NC(=O)NC1c1ccco1. The van der Waals surface area contributed by atoms with Crippen LogP contribution in [0.15, 0.2) is 34.1 Å². The predicted octanol–water partition coefficient (Wildman–Crippen LogP) is 0.783. The van der Waals surface area contributed by atoms with Gasteiger partial charge in [-0.25, -0.2) is 9.59 Å². The molecule has 130 valence electrons. The van der Waals surface area contributed by atoms with E-state index in [1.165, 1.54) is 6.26 Å². The first-order valence-corrected chi connectivity index (χ1v) is 8.00. The molecule has 0 spiro atoms. The van der Waals surface area contributed by atoms with E-state index >= 15 is 0 Å². The minimum atomic E-state index is -0.663. The molecule has 3 heterocycles. The van der Waals surface area contributed by atoms with E-state index in [2.05, 4.69) is 15.5 Å². The Labute approximate surface area is 139 Å². The molecule has 2 aliphatic heterocycles. The fraction of sp³-hybridized carbons (Fsp3) is 0.500. The van der Waals surface area contributed by atoms with Crippen molar-refractivity contribution in [2.75, 3.05) is 39.5 Å². The van der Waals surface area contributed by atoms with Gasteiger partial charge in [0.15, 0.2) is 0 Å². The molecular weight excluding hydrogens is 314 g/mol. The highest BCUT2D eigenvalue weighted by Gasteiger charge is 2.35. The first-order chi connectivity index (χ1) is 11.7. The number of urea groups is 1. The first-order valence-electron chi connectivity index (χ1n) is 8.00. The van der Waals surface area contributed by atoms with Gasteiger partial charge in [-0.15, -0.1) is 0 Å². The van der Waals surface area contributed by atoms with Crippen molar-refractivity contribution < 1.29 is 23.5 Å². The van der Waals surface area contributed by atoms with Gasteiger partial charge in [-0.2, -0.15) is 0 Å². The number of hydrogen-bond donors (Lipinski definition) is 2. The zero-order chi connectivity index (χ0) is 16.9. The zero-order valence-electron chi connectivity index (χ0n) is 13.5. The van der Waals surface area contributed by atoms with Crippen molar-refractivity contribution in [2.24, 2.45) is 0 Å². The van der Waals surface area contributed by atoms with Crippen molar-refractivity contribution in [1.29, 1.82) is 0 Å². The van der Waals surface area contributed by atoms with Crippen molar-refractivity contribution in [3.05, 3.63) is 35.4 Å². The van der Waals surface area contributed by atoms with Crippen LogP contribution in [-0.4, -0.2) is 56.4 Å². The molecule has 3 rings (SSSR count). The molecule has 2 N–H and O–H groups in total. The van der Waals surface area contributed by atoms with Crippen LogP contribution in [0.2, 0.25) is 0 Å². The van der Waals surface area contributed by atoms with Gasteiger partial charge in [-0.3, -0.25) is 4.90 Å². The number of carbonyl (C=O) groups is 2. The maximum absolute atomic E-state index is 12.5. The lowest BCUT2D eigenvalue weighted by Gasteiger charge is -2.32. The van der Waals surface area contributed by atoms with Crippen molar-refractivity contribution in [3.63, 3.8) is 0 Å². The normalized spacial score (nSPS) is 22.0. The molecular formula is C16H21N3O5. The molecule has 0 radical (unpaired) electrons. The summed E-state index contributed by atoms with van der Waals surface area (Å²) in [4.78, 5) is 26.7. The second-order valence-electron chi connectivity index (χ2n) is 5.55. The summed E-state index contributed by atoms with van der Waals surface area (Å²) in [5.41, 5.74) is 0.915. The molecule has 2 amide bonds. The highest BCUT2D eigenvalue weighted by Crippen LogP contribution is 2.28. The first kappa shape index (κ1) is 16.5. The van der Waals surface area contributed by atoms with Crippen molar-refractivity contribution >= 4 is 12.0 Å². The Morgan fingerprint density at radius 3 is 2.88 bits per heavy atom. The van der Waals surface area contributed by atoms with E-state index in [4.69, 9.17) is 13.9 Å². The largest absolute Gasteiger partial charge is 0.467 e. The minimum Gasteiger partial charge on any atom is -0.467 e. The van der Waals surface area contributed by atoms with Crippen LogP contribution in [0.3, 0.4) is 0 Å². The standard InChI is InChI=1S/C16H21N3O5/c1-2-23-15(20)13-11(10-19-5-8-22-9-6-19)17-16(21)18-14(13)12-4-3-7-24-12/h3-4,7,14H,2,5-6,8-10H2,1H3,(H2,17,18,21). The van der Waals surface area contributed by atoms with Crippen LogP contribution in [0.1, 0.15) is 18.7 Å². The van der Waals surface area contributed by atoms with E-state index in [0.29, 0.717) is 36.8 Å². The van der Waals surface area contributed by atoms with E-state index < -0.39 is 12.0 Å². The summed E-state index contributed by atoms with van der Waals surface area (Å²) in [7, 11) is 0. The quantitative estimate of drug-likeness (QED) is 0.773. The van der Waals surface area contributed by atoms with Crippen molar-refractivity contribution in [2.45, 2.75) is 13.0 Å². The third kappa shape index (κ3) is 3.60. The maximum Gasteiger partial charge on any atom is 0.338 e. The van der Waals surface area contributed by atoms with Gasteiger partial charge in [0, 0.05) is 25.3 Å². The third-order valence-corrected chi connectivity index (χ3v) is 3.96. The Morgan fingerprint density at radius 1 is 1.42 bits per heavy atom. The molecule has 1 aromatic rings. The van der Waals surface area contributed by atoms with Gasteiger partial charge in [-0.1, -0.05) is 0 Å². The van der Waals surface area contributed by atoms with Crippen LogP contribution in [0.25, 0.3) is 0 Å². The average molecular weight is 335 g/mol. The van der Waals surface area contributed by atoms with Crippen molar-refractivity contribution in [3.8, 4) is 0 Å². The molecule has 0 saturated carbocycles.